The van der Waals surface area contributed by atoms with Crippen molar-refractivity contribution in [3.05, 3.63) is 98.7 Å². The van der Waals surface area contributed by atoms with Crippen molar-refractivity contribution < 1.29 is 4.79 Å². The third kappa shape index (κ3) is 4.41. The molecule has 3 aromatic heterocycles. The Morgan fingerprint density at radius 3 is 2.66 bits per heavy atom. The smallest absolute Gasteiger partial charge is 0.271 e. The van der Waals surface area contributed by atoms with Crippen LogP contribution in [0.4, 0.5) is 0 Å². The Morgan fingerprint density at radius 2 is 1.90 bits per heavy atom. The molecule has 0 saturated carbocycles. The maximum atomic E-state index is 12.8. The molecule has 0 radical (unpaired) electrons. The highest BCUT2D eigenvalue weighted by Crippen LogP contribution is 2.18. The van der Waals surface area contributed by atoms with Crippen molar-refractivity contribution >= 4 is 22.2 Å². The number of rotatable bonds is 6. The Morgan fingerprint density at radius 1 is 1.07 bits per heavy atom. The maximum Gasteiger partial charge on any atom is 0.271 e. The normalized spacial score (nSPS) is 10.9. The van der Waals surface area contributed by atoms with Crippen molar-refractivity contribution in [3.63, 3.8) is 0 Å². The van der Waals surface area contributed by atoms with Gasteiger partial charge in [0.05, 0.1) is 0 Å². The predicted octanol–water partition coefficient (Wildman–Crippen LogP) is 3.02. The van der Waals surface area contributed by atoms with Crippen molar-refractivity contribution in [2.45, 2.75) is 19.8 Å². The molecule has 3 heterocycles. The Kier molecular flexibility index (Phi) is 5.48. The zero-order valence-corrected chi connectivity index (χ0v) is 16.8. The van der Waals surface area contributed by atoms with Crippen LogP contribution in [0.1, 0.15) is 32.1 Å². The average molecular weight is 404 g/mol. The Hall–Kier alpha value is -3.32. The lowest BCUT2D eigenvalue weighted by atomic mass is 10.1. The van der Waals surface area contributed by atoms with Crippen molar-refractivity contribution in [2.24, 2.45) is 0 Å². The van der Waals surface area contributed by atoms with Crippen LogP contribution < -0.4 is 10.9 Å². The van der Waals surface area contributed by atoms with Crippen molar-refractivity contribution in [1.29, 1.82) is 0 Å². The number of thiazole rings is 1. The van der Waals surface area contributed by atoms with Gasteiger partial charge in [-0.2, -0.15) is 0 Å². The first kappa shape index (κ1) is 19.0. The first-order valence-corrected chi connectivity index (χ1v) is 10.2. The lowest BCUT2D eigenvalue weighted by molar-refractivity contribution is 0.0952. The number of carbonyl (C=O) groups excluding carboxylic acids is 1. The van der Waals surface area contributed by atoms with Crippen LogP contribution in [0.5, 0.6) is 0 Å². The molecular weight excluding hydrogens is 384 g/mol. The van der Waals surface area contributed by atoms with Gasteiger partial charge in [-0.15, -0.1) is 11.3 Å². The van der Waals surface area contributed by atoms with Crippen molar-refractivity contribution in [1.82, 2.24) is 19.7 Å². The average Bonchev–Trinajstić information content (AvgIpc) is 3.14. The van der Waals surface area contributed by atoms with Gasteiger partial charge in [-0.1, -0.05) is 36.4 Å². The summed E-state index contributed by atoms with van der Waals surface area (Å²) in [6.45, 7) is 2.35. The molecule has 0 fully saturated rings. The summed E-state index contributed by atoms with van der Waals surface area (Å²) in [5, 5.41) is 2.80. The second kappa shape index (κ2) is 8.36. The van der Waals surface area contributed by atoms with Crippen LogP contribution in [0.3, 0.4) is 0 Å². The van der Waals surface area contributed by atoms with Crippen LogP contribution in [-0.2, 0) is 12.8 Å². The molecule has 146 valence electrons. The number of pyridine rings is 1. The Bertz CT molecular complexity index is 1200. The van der Waals surface area contributed by atoms with Crippen LogP contribution in [-0.4, -0.2) is 26.8 Å². The van der Waals surface area contributed by atoms with Crippen LogP contribution in [0, 0.1) is 6.92 Å². The highest BCUT2D eigenvalue weighted by Gasteiger charge is 2.15. The van der Waals surface area contributed by atoms with Gasteiger partial charge in [0.15, 0.2) is 4.96 Å². The number of carbonyl (C=O) groups is 1. The fourth-order valence-corrected chi connectivity index (χ4v) is 4.00. The maximum absolute atomic E-state index is 12.8. The molecule has 4 rings (SSSR count). The van der Waals surface area contributed by atoms with Crippen molar-refractivity contribution in [2.75, 3.05) is 6.54 Å². The first-order valence-electron chi connectivity index (χ1n) is 9.34. The Balaban J connectivity index is 1.47. The lowest BCUT2D eigenvalue weighted by Crippen LogP contribution is -2.32. The second-order valence-corrected chi connectivity index (χ2v) is 7.90. The third-order valence-electron chi connectivity index (χ3n) is 4.59. The van der Waals surface area contributed by atoms with E-state index in [1.807, 2.05) is 49.4 Å². The molecule has 29 heavy (non-hydrogen) atoms. The third-order valence-corrected chi connectivity index (χ3v) is 5.59. The second-order valence-electron chi connectivity index (χ2n) is 6.80. The van der Waals surface area contributed by atoms with Gasteiger partial charge in [0, 0.05) is 42.1 Å². The highest BCUT2D eigenvalue weighted by molar-refractivity contribution is 7.17. The van der Waals surface area contributed by atoms with Gasteiger partial charge in [0.1, 0.15) is 5.56 Å². The molecule has 7 heteroatoms. The van der Waals surface area contributed by atoms with E-state index in [0.29, 0.717) is 17.9 Å². The molecule has 1 N–H and O–H groups in total. The van der Waals surface area contributed by atoms with E-state index >= 15 is 0 Å². The molecule has 1 aromatic carbocycles. The van der Waals surface area contributed by atoms with E-state index in [4.69, 9.17) is 0 Å². The summed E-state index contributed by atoms with van der Waals surface area (Å²) in [5.74, 6) is -0.409. The van der Waals surface area contributed by atoms with Crippen LogP contribution >= 0.6 is 11.3 Å². The molecule has 0 saturated heterocycles. The predicted molar refractivity (Wildman–Crippen MR) is 114 cm³/mol. The van der Waals surface area contributed by atoms with Crippen molar-refractivity contribution in [3.8, 4) is 0 Å². The molecule has 0 spiro atoms. The SMILES string of the molecule is Cc1ccc(CCNC(=O)c2cnc3sc(Cc4ccccc4)cn3c2=O)cn1. The number of hydrogen-bond acceptors (Lipinski definition) is 5. The monoisotopic (exact) mass is 404 g/mol. The number of fused-ring (bicyclic) bond motifs is 1. The number of amides is 1. The minimum Gasteiger partial charge on any atom is -0.351 e. The fourth-order valence-electron chi connectivity index (χ4n) is 3.03. The molecule has 0 aliphatic carbocycles. The molecule has 1 amide bonds. The summed E-state index contributed by atoms with van der Waals surface area (Å²) in [6, 6.07) is 14.0. The van der Waals surface area contributed by atoms with Crippen LogP contribution in [0.15, 0.2) is 65.8 Å². The molecule has 0 aliphatic heterocycles. The number of nitrogens with zero attached hydrogens (tertiary/aromatic N) is 3. The van der Waals surface area contributed by atoms with E-state index < -0.39 is 5.91 Å². The molecule has 0 atom stereocenters. The molecule has 0 bridgehead atoms. The van der Waals surface area contributed by atoms with Gasteiger partial charge in [0.2, 0.25) is 0 Å². The number of aromatic nitrogens is 3. The quantitative estimate of drug-likeness (QED) is 0.536. The van der Waals surface area contributed by atoms with Gasteiger partial charge in [-0.3, -0.25) is 19.0 Å². The minimum atomic E-state index is -0.409. The molecule has 0 aliphatic rings. The molecule has 0 unspecified atom stereocenters. The van der Waals surface area contributed by atoms with E-state index in [-0.39, 0.29) is 11.1 Å². The van der Waals surface area contributed by atoms with E-state index in [1.54, 1.807) is 12.4 Å². The number of benzene rings is 1. The summed E-state index contributed by atoms with van der Waals surface area (Å²) in [4.78, 5) is 35.4. The summed E-state index contributed by atoms with van der Waals surface area (Å²) in [6.07, 6.45) is 6.31. The van der Waals surface area contributed by atoms with Gasteiger partial charge in [-0.25, -0.2) is 4.98 Å². The molecular formula is C22H20N4O2S. The summed E-state index contributed by atoms with van der Waals surface area (Å²) in [7, 11) is 0. The fraction of sp³-hybridized carbons (Fsp3) is 0.182. The Labute approximate surface area is 171 Å². The summed E-state index contributed by atoms with van der Waals surface area (Å²) < 4.78 is 1.46. The van der Waals surface area contributed by atoms with Gasteiger partial charge >= 0.3 is 0 Å². The minimum absolute atomic E-state index is 0.0496. The summed E-state index contributed by atoms with van der Waals surface area (Å²) in [5.41, 5.74) is 2.85. The van der Waals surface area contributed by atoms with E-state index in [0.717, 1.165) is 28.1 Å². The van der Waals surface area contributed by atoms with Gasteiger partial charge in [-0.05, 0) is 30.5 Å². The first-order chi connectivity index (χ1) is 14.1. The van der Waals surface area contributed by atoms with E-state index in [1.165, 1.54) is 21.9 Å². The number of hydrogen-bond donors (Lipinski definition) is 1. The number of aryl methyl sites for hydroxylation is 1. The van der Waals surface area contributed by atoms with Gasteiger partial charge in [0.25, 0.3) is 11.5 Å². The number of nitrogens with one attached hydrogen (secondary N) is 1. The highest BCUT2D eigenvalue weighted by atomic mass is 32.1. The van der Waals surface area contributed by atoms with Crippen LogP contribution in [0.2, 0.25) is 0 Å². The molecule has 6 nitrogen and oxygen atoms in total. The van der Waals surface area contributed by atoms with Crippen LogP contribution in [0.25, 0.3) is 4.96 Å². The lowest BCUT2D eigenvalue weighted by Gasteiger charge is -2.05. The van der Waals surface area contributed by atoms with Gasteiger partial charge < -0.3 is 5.32 Å². The zero-order valence-electron chi connectivity index (χ0n) is 16.0. The summed E-state index contributed by atoms with van der Waals surface area (Å²) >= 11 is 1.46. The van der Waals surface area contributed by atoms with E-state index in [2.05, 4.69) is 15.3 Å². The zero-order chi connectivity index (χ0) is 20.2. The largest absolute Gasteiger partial charge is 0.351 e. The van der Waals surface area contributed by atoms with E-state index in [9.17, 15) is 9.59 Å². The topological polar surface area (TPSA) is 76.4 Å². The molecule has 4 aromatic rings. The standard InChI is InChI=1S/C22H20N4O2S/c1-15-7-8-17(12-24-15)9-10-23-20(27)19-13-25-22-26(21(19)28)14-18(29-22)11-16-5-3-2-4-6-16/h2-8,12-14H,9-11H2,1H3,(H,23,27).